The van der Waals surface area contributed by atoms with Crippen molar-refractivity contribution in [2.24, 2.45) is 0 Å². The van der Waals surface area contributed by atoms with Gasteiger partial charge >= 0.3 is 0 Å². The normalized spacial score (nSPS) is 12.0. The highest BCUT2D eigenvalue weighted by Crippen LogP contribution is 2.22. The van der Waals surface area contributed by atoms with Gasteiger partial charge in [0.15, 0.2) is 5.16 Å². The predicted molar refractivity (Wildman–Crippen MR) is 86.9 cm³/mol. The quantitative estimate of drug-likeness (QED) is 0.686. The molecule has 0 aliphatic heterocycles. The molecular weight excluding hydrogens is 306 g/mol. The Morgan fingerprint density at radius 2 is 1.76 bits per heavy atom. The van der Waals surface area contributed by atoms with Gasteiger partial charge in [-0.25, -0.2) is 9.97 Å². The van der Waals surface area contributed by atoms with E-state index in [2.05, 4.69) is 15.3 Å². The van der Waals surface area contributed by atoms with Crippen LogP contribution < -0.4 is 5.32 Å². The first kappa shape index (κ1) is 15.8. The highest BCUT2D eigenvalue weighted by Gasteiger charge is 2.16. The third-order valence-electron chi connectivity index (χ3n) is 2.72. The van der Waals surface area contributed by atoms with Crippen molar-refractivity contribution in [2.75, 3.05) is 5.32 Å². The number of carbonyl (C=O) groups excluding carboxylic acids is 1. The van der Waals surface area contributed by atoms with Crippen molar-refractivity contribution in [3.05, 3.63) is 46.7 Å². The molecule has 1 atom stereocenters. The maximum atomic E-state index is 12.2. The zero-order chi connectivity index (χ0) is 15.4. The van der Waals surface area contributed by atoms with Crippen LogP contribution in [0.2, 0.25) is 5.02 Å². The first-order chi connectivity index (χ1) is 9.94. The zero-order valence-electron chi connectivity index (χ0n) is 12.1. The molecule has 2 aromatic rings. The van der Waals surface area contributed by atoms with E-state index in [1.54, 1.807) is 24.3 Å². The summed E-state index contributed by atoms with van der Waals surface area (Å²) in [6.07, 6.45) is 0. The van der Waals surface area contributed by atoms with Crippen LogP contribution in [-0.2, 0) is 4.79 Å². The third kappa shape index (κ3) is 4.72. The average molecular weight is 322 g/mol. The Bertz CT molecular complexity index is 626. The van der Waals surface area contributed by atoms with E-state index in [0.717, 1.165) is 17.1 Å². The number of aromatic nitrogens is 2. The number of amides is 1. The summed E-state index contributed by atoms with van der Waals surface area (Å²) in [5, 5.41) is 3.81. The second-order valence-electron chi connectivity index (χ2n) is 4.69. The molecule has 1 aromatic carbocycles. The molecule has 0 bridgehead atoms. The smallest absolute Gasteiger partial charge is 0.237 e. The van der Waals surface area contributed by atoms with Gasteiger partial charge in [-0.15, -0.1) is 0 Å². The van der Waals surface area contributed by atoms with Crippen LogP contribution in [0.25, 0.3) is 0 Å². The molecule has 0 saturated carbocycles. The van der Waals surface area contributed by atoms with Gasteiger partial charge in [0.05, 0.1) is 5.25 Å². The van der Waals surface area contributed by atoms with Crippen LogP contribution >= 0.6 is 23.4 Å². The summed E-state index contributed by atoms with van der Waals surface area (Å²) in [4.78, 5) is 20.8. The lowest BCUT2D eigenvalue weighted by molar-refractivity contribution is -0.115. The van der Waals surface area contributed by atoms with E-state index in [9.17, 15) is 4.79 Å². The zero-order valence-corrected chi connectivity index (χ0v) is 13.6. The Kier molecular flexibility index (Phi) is 5.20. The minimum Gasteiger partial charge on any atom is -0.325 e. The molecule has 1 N–H and O–H groups in total. The number of hydrogen-bond donors (Lipinski definition) is 1. The van der Waals surface area contributed by atoms with Crippen molar-refractivity contribution >= 4 is 35.0 Å². The predicted octanol–water partition coefficient (Wildman–Crippen LogP) is 3.87. The summed E-state index contributed by atoms with van der Waals surface area (Å²) in [6, 6.07) is 8.92. The molecule has 1 amide bonds. The Labute approximate surface area is 133 Å². The number of carbonyl (C=O) groups is 1. The van der Waals surface area contributed by atoms with Gasteiger partial charge in [0.1, 0.15) is 0 Å². The van der Waals surface area contributed by atoms with Gasteiger partial charge in [-0.2, -0.15) is 0 Å². The van der Waals surface area contributed by atoms with E-state index in [4.69, 9.17) is 11.6 Å². The van der Waals surface area contributed by atoms with Crippen molar-refractivity contribution in [1.29, 1.82) is 0 Å². The Morgan fingerprint density at radius 1 is 1.19 bits per heavy atom. The van der Waals surface area contributed by atoms with Crippen LogP contribution in [0.15, 0.2) is 35.5 Å². The summed E-state index contributed by atoms with van der Waals surface area (Å²) in [6.45, 7) is 5.66. The van der Waals surface area contributed by atoms with Crippen LogP contribution in [0.4, 0.5) is 5.69 Å². The van der Waals surface area contributed by atoms with Gasteiger partial charge in [-0.05, 0) is 51.1 Å². The van der Waals surface area contributed by atoms with Crippen LogP contribution in [0.5, 0.6) is 0 Å². The minimum absolute atomic E-state index is 0.0925. The number of halogens is 1. The average Bonchev–Trinajstić information content (AvgIpc) is 2.40. The molecule has 110 valence electrons. The number of aryl methyl sites for hydroxylation is 2. The molecule has 0 fully saturated rings. The Hall–Kier alpha value is -1.59. The molecule has 0 radical (unpaired) electrons. The SMILES string of the molecule is Cc1cc(C)nc(S[C@@H](C)C(=O)Nc2ccc(Cl)cc2)n1. The van der Waals surface area contributed by atoms with Gasteiger partial charge in [0.25, 0.3) is 0 Å². The highest BCUT2D eigenvalue weighted by molar-refractivity contribution is 8.00. The van der Waals surface area contributed by atoms with E-state index in [-0.39, 0.29) is 11.2 Å². The lowest BCUT2D eigenvalue weighted by Crippen LogP contribution is -2.22. The number of nitrogens with one attached hydrogen (secondary N) is 1. The van der Waals surface area contributed by atoms with E-state index in [0.29, 0.717) is 10.2 Å². The van der Waals surface area contributed by atoms with Gasteiger partial charge in [-0.3, -0.25) is 4.79 Å². The maximum Gasteiger partial charge on any atom is 0.237 e. The fraction of sp³-hybridized carbons (Fsp3) is 0.267. The van der Waals surface area contributed by atoms with Gasteiger partial charge in [0, 0.05) is 22.1 Å². The summed E-state index contributed by atoms with van der Waals surface area (Å²) < 4.78 is 0. The van der Waals surface area contributed by atoms with Gasteiger partial charge in [0.2, 0.25) is 5.91 Å². The fourth-order valence-corrected chi connectivity index (χ4v) is 2.74. The van der Waals surface area contributed by atoms with Crippen molar-refractivity contribution < 1.29 is 4.79 Å². The number of thioether (sulfide) groups is 1. The largest absolute Gasteiger partial charge is 0.325 e. The first-order valence-corrected chi connectivity index (χ1v) is 7.75. The molecule has 1 heterocycles. The van der Waals surface area contributed by atoms with E-state index in [1.165, 1.54) is 11.8 Å². The lowest BCUT2D eigenvalue weighted by atomic mass is 10.3. The van der Waals surface area contributed by atoms with Crippen LogP contribution in [0, 0.1) is 13.8 Å². The molecule has 0 aliphatic carbocycles. The number of rotatable bonds is 4. The number of nitrogens with zero attached hydrogens (tertiary/aromatic N) is 2. The Morgan fingerprint density at radius 3 is 2.33 bits per heavy atom. The molecule has 0 unspecified atom stereocenters. The summed E-state index contributed by atoms with van der Waals surface area (Å²) in [5.41, 5.74) is 2.52. The summed E-state index contributed by atoms with van der Waals surface area (Å²) in [7, 11) is 0. The highest BCUT2D eigenvalue weighted by atomic mass is 35.5. The number of benzene rings is 1. The van der Waals surface area contributed by atoms with E-state index >= 15 is 0 Å². The van der Waals surface area contributed by atoms with E-state index in [1.807, 2.05) is 26.8 Å². The second-order valence-corrected chi connectivity index (χ2v) is 6.43. The molecular formula is C15H16ClN3OS. The fourth-order valence-electron chi connectivity index (χ4n) is 1.74. The Balaban J connectivity index is 2.00. The summed E-state index contributed by atoms with van der Waals surface area (Å²) in [5.74, 6) is -0.0925. The van der Waals surface area contributed by atoms with Crippen LogP contribution in [0.3, 0.4) is 0 Å². The maximum absolute atomic E-state index is 12.2. The monoisotopic (exact) mass is 321 g/mol. The van der Waals surface area contributed by atoms with Crippen LogP contribution in [0.1, 0.15) is 18.3 Å². The molecule has 0 aliphatic rings. The van der Waals surface area contributed by atoms with Crippen molar-refractivity contribution in [1.82, 2.24) is 9.97 Å². The van der Waals surface area contributed by atoms with Crippen molar-refractivity contribution in [3.8, 4) is 0 Å². The molecule has 2 rings (SSSR count). The molecule has 0 saturated heterocycles. The second kappa shape index (κ2) is 6.91. The van der Waals surface area contributed by atoms with Crippen molar-refractivity contribution in [3.63, 3.8) is 0 Å². The van der Waals surface area contributed by atoms with E-state index < -0.39 is 0 Å². The molecule has 6 heteroatoms. The lowest BCUT2D eigenvalue weighted by Gasteiger charge is -2.11. The molecule has 0 spiro atoms. The molecule has 1 aromatic heterocycles. The van der Waals surface area contributed by atoms with Crippen LogP contribution in [-0.4, -0.2) is 21.1 Å². The standard InChI is InChI=1S/C15H16ClN3OS/c1-9-8-10(2)18-15(17-9)21-11(3)14(20)19-13-6-4-12(16)5-7-13/h4-8,11H,1-3H3,(H,19,20)/t11-/m0/s1. The topological polar surface area (TPSA) is 54.9 Å². The van der Waals surface area contributed by atoms with Crippen molar-refractivity contribution in [2.45, 2.75) is 31.2 Å². The molecule has 21 heavy (non-hydrogen) atoms. The number of anilines is 1. The minimum atomic E-state index is -0.290. The number of hydrogen-bond acceptors (Lipinski definition) is 4. The summed E-state index contributed by atoms with van der Waals surface area (Å²) >= 11 is 7.16. The third-order valence-corrected chi connectivity index (χ3v) is 3.94. The van der Waals surface area contributed by atoms with Gasteiger partial charge < -0.3 is 5.32 Å². The molecule has 4 nitrogen and oxygen atoms in total. The first-order valence-electron chi connectivity index (χ1n) is 6.49. The van der Waals surface area contributed by atoms with Gasteiger partial charge in [-0.1, -0.05) is 23.4 Å².